The van der Waals surface area contributed by atoms with Gasteiger partial charge in [-0.15, -0.1) is 4.28 Å². The number of nitrogens with zero attached hydrogens (tertiary/aromatic N) is 2. The molecule has 0 saturated carbocycles. The maximum Gasteiger partial charge on any atom is 0.418 e. The molecule has 0 aromatic heterocycles. The number of rotatable bonds is 3. The molecule has 0 fully saturated rings. The van der Waals surface area contributed by atoms with Crippen LogP contribution in [0.1, 0.15) is 67.9 Å². The molecule has 1 aromatic carbocycles. The van der Waals surface area contributed by atoms with Crippen LogP contribution in [0.5, 0.6) is 0 Å². The third kappa shape index (κ3) is 8.28. The molecule has 0 aliphatic carbocycles. The molecule has 0 bridgehead atoms. The monoisotopic (exact) mass is 399 g/mol. The quantitative estimate of drug-likeness (QED) is 0.339. The smallest absolute Gasteiger partial charge is 0.324 e. The topological polar surface area (TPSA) is 91.2 Å². The predicted octanol–water partition coefficient (Wildman–Crippen LogP) is 4.39. The summed E-state index contributed by atoms with van der Waals surface area (Å²) in [5.74, 6) is 0.177. The number of hydrogen-bond donors (Lipinski definition) is 2. The van der Waals surface area contributed by atoms with Crippen LogP contribution < -0.4 is 5.32 Å². The van der Waals surface area contributed by atoms with E-state index in [0.29, 0.717) is 0 Å². The molecule has 0 unspecified atom stereocenters. The van der Waals surface area contributed by atoms with Crippen molar-refractivity contribution in [1.29, 1.82) is 0 Å². The average molecular weight is 400 g/mol. The molecular weight excluding hydrogens is 366 g/mol. The van der Waals surface area contributed by atoms with Gasteiger partial charge in [-0.25, -0.2) is 4.99 Å². The van der Waals surface area contributed by atoms with E-state index < -0.39 is 21.5 Å². The van der Waals surface area contributed by atoms with Crippen molar-refractivity contribution in [1.82, 2.24) is 5.06 Å². The van der Waals surface area contributed by atoms with Gasteiger partial charge in [0.1, 0.15) is 0 Å². The van der Waals surface area contributed by atoms with Gasteiger partial charge in [0.05, 0.1) is 11.1 Å². The Balaban J connectivity index is 3.34. The number of hydroxylamine groups is 2. The second-order valence-corrected chi connectivity index (χ2v) is 10.5. The van der Waals surface area contributed by atoms with Crippen LogP contribution in [0.25, 0.3) is 0 Å². The van der Waals surface area contributed by atoms with Crippen LogP contribution in [0.2, 0.25) is 0 Å². The Bertz CT molecular complexity index is 765. The van der Waals surface area contributed by atoms with Crippen molar-refractivity contribution < 1.29 is 17.3 Å². The van der Waals surface area contributed by atoms with E-state index in [4.69, 9.17) is 4.28 Å². The fourth-order valence-electron chi connectivity index (χ4n) is 2.18. The van der Waals surface area contributed by atoms with Gasteiger partial charge in [0.2, 0.25) is 5.96 Å². The molecule has 0 saturated heterocycles. The summed E-state index contributed by atoms with van der Waals surface area (Å²) >= 11 is 0. The summed E-state index contributed by atoms with van der Waals surface area (Å²) in [5.41, 5.74) is 0.605. The van der Waals surface area contributed by atoms with E-state index in [1.54, 1.807) is 20.8 Å². The fraction of sp³-hybridized carbons (Fsp3) is 0.632. The van der Waals surface area contributed by atoms with E-state index in [1.807, 2.05) is 45.0 Å². The van der Waals surface area contributed by atoms with E-state index in [-0.39, 0.29) is 11.4 Å². The van der Waals surface area contributed by atoms with Gasteiger partial charge in [0.15, 0.2) is 0 Å². The van der Waals surface area contributed by atoms with Crippen molar-refractivity contribution in [3.05, 3.63) is 29.8 Å². The summed E-state index contributed by atoms with van der Waals surface area (Å²) in [6, 6.07) is 7.80. The summed E-state index contributed by atoms with van der Waals surface area (Å²) in [6.45, 7) is 17.3. The molecule has 0 amide bonds. The van der Waals surface area contributed by atoms with Crippen LogP contribution in [0.15, 0.2) is 29.3 Å². The fourth-order valence-corrected chi connectivity index (χ4v) is 2.67. The number of aliphatic imine (C=N–C) groups is 1. The number of guanidine groups is 1. The minimum atomic E-state index is -4.72. The zero-order valence-electron chi connectivity index (χ0n) is 17.8. The molecule has 154 valence electrons. The minimum Gasteiger partial charge on any atom is -0.324 e. The van der Waals surface area contributed by atoms with Crippen LogP contribution in [0.3, 0.4) is 0 Å². The predicted molar refractivity (Wildman–Crippen MR) is 110 cm³/mol. The summed E-state index contributed by atoms with van der Waals surface area (Å²) in [5, 5.41) is 4.18. The molecule has 1 rings (SSSR count). The molecular formula is C19H33N3O4S. The Morgan fingerprint density at radius 2 is 1.48 bits per heavy atom. The first-order chi connectivity index (χ1) is 11.9. The summed E-state index contributed by atoms with van der Waals surface area (Å²) in [6.07, 6.45) is 0. The highest BCUT2D eigenvalue weighted by molar-refractivity contribution is 7.80. The standard InChI is InChI=1S/C19H33N3O4S/c1-17(2,3)14-10-12-15(13-11-14)20-16(21-18(4,5)6)22(19(7,8)9)26-27(23,24)25/h10-13H,1-9H3,(H,20,21)(H,23,24,25). The van der Waals surface area contributed by atoms with E-state index >= 15 is 0 Å². The highest BCUT2D eigenvalue weighted by Gasteiger charge is 2.32. The molecule has 8 heteroatoms. The Labute approximate surface area is 163 Å². The van der Waals surface area contributed by atoms with Crippen LogP contribution in [0.4, 0.5) is 5.69 Å². The van der Waals surface area contributed by atoms with Crippen molar-refractivity contribution in [2.45, 2.75) is 78.8 Å². The van der Waals surface area contributed by atoms with Crippen molar-refractivity contribution >= 4 is 22.0 Å². The molecule has 1 aromatic rings. The van der Waals surface area contributed by atoms with E-state index in [1.165, 1.54) is 5.56 Å². The first kappa shape index (κ1) is 23.4. The maximum atomic E-state index is 11.4. The first-order valence-corrected chi connectivity index (χ1v) is 10.2. The van der Waals surface area contributed by atoms with Crippen molar-refractivity contribution in [3.8, 4) is 0 Å². The second-order valence-electron chi connectivity index (χ2n) is 9.53. The molecule has 2 N–H and O–H groups in total. The van der Waals surface area contributed by atoms with Gasteiger partial charge in [0, 0.05) is 5.69 Å². The zero-order chi connectivity index (χ0) is 21.3. The molecule has 0 spiro atoms. The Morgan fingerprint density at radius 3 is 1.81 bits per heavy atom. The summed E-state index contributed by atoms with van der Waals surface area (Å²) in [7, 11) is -4.72. The second kappa shape index (κ2) is 7.77. The molecule has 7 nitrogen and oxygen atoms in total. The largest absolute Gasteiger partial charge is 0.418 e. The van der Waals surface area contributed by atoms with Gasteiger partial charge in [0.25, 0.3) is 0 Å². The van der Waals surface area contributed by atoms with Gasteiger partial charge in [-0.3, -0.25) is 4.55 Å². The lowest BCUT2D eigenvalue weighted by Gasteiger charge is -2.35. The Hall–Kier alpha value is -1.64. The highest BCUT2D eigenvalue weighted by Crippen LogP contribution is 2.25. The van der Waals surface area contributed by atoms with Crippen molar-refractivity contribution in [3.63, 3.8) is 0 Å². The minimum absolute atomic E-state index is 0.0202. The first-order valence-electron chi connectivity index (χ1n) is 8.83. The maximum absolute atomic E-state index is 11.4. The van der Waals surface area contributed by atoms with Gasteiger partial charge >= 0.3 is 10.4 Å². The van der Waals surface area contributed by atoms with Gasteiger partial charge in [-0.1, -0.05) is 32.9 Å². The SMILES string of the molecule is CC(C)(C)N=C(Nc1ccc(C(C)(C)C)cc1)N(OS(=O)(=O)O)C(C)(C)C. The lowest BCUT2D eigenvalue weighted by atomic mass is 9.87. The van der Waals surface area contributed by atoms with Crippen LogP contribution in [-0.4, -0.2) is 35.1 Å². The highest BCUT2D eigenvalue weighted by atomic mass is 32.3. The van der Waals surface area contributed by atoms with E-state index in [0.717, 1.165) is 10.8 Å². The lowest BCUT2D eigenvalue weighted by Crippen LogP contribution is -2.50. The molecule has 0 aliphatic heterocycles. The van der Waals surface area contributed by atoms with Gasteiger partial charge < -0.3 is 5.32 Å². The summed E-state index contributed by atoms with van der Waals surface area (Å²) < 4.78 is 36.8. The normalized spacial score (nSPS) is 14.2. The molecule has 0 atom stereocenters. The van der Waals surface area contributed by atoms with Crippen molar-refractivity contribution in [2.24, 2.45) is 4.99 Å². The third-order valence-electron chi connectivity index (χ3n) is 3.42. The van der Waals surface area contributed by atoms with Crippen LogP contribution >= 0.6 is 0 Å². The zero-order valence-corrected chi connectivity index (χ0v) is 18.6. The van der Waals surface area contributed by atoms with E-state index in [9.17, 15) is 13.0 Å². The van der Waals surface area contributed by atoms with Crippen LogP contribution in [-0.2, 0) is 20.1 Å². The average Bonchev–Trinajstić information content (AvgIpc) is 2.40. The van der Waals surface area contributed by atoms with Gasteiger partial charge in [-0.05, 0) is 64.7 Å². The van der Waals surface area contributed by atoms with E-state index in [2.05, 4.69) is 31.1 Å². The molecule has 27 heavy (non-hydrogen) atoms. The molecule has 0 radical (unpaired) electrons. The Kier molecular flexibility index (Phi) is 6.73. The lowest BCUT2D eigenvalue weighted by molar-refractivity contribution is -0.0581. The number of nitrogens with one attached hydrogen (secondary N) is 1. The number of anilines is 1. The molecule has 0 heterocycles. The van der Waals surface area contributed by atoms with Crippen molar-refractivity contribution in [2.75, 3.05) is 5.32 Å². The van der Waals surface area contributed by atoms with Crippen LogP contribution in [0, 0.1) is 0 Å². The number of hydrogen-bond acceptors (Lipinski definition) is 4. The molecule has 0 aliphatic rings. The number of benzene rings is 1. The third-order valence-corrected chi connectivity index (χ3v) is 3.76. The summed E-state index contributed by atoms with van der Waals surface area (Å²) in [4.78, 5) is 4.56. The Morgan fingerprint density at radius 1 is 1.00 bits per heavy atom. The van der Waals surface area contributed by atoms with Gasteiger partial charge in [-0.2, -0.15) is 13.5 Å².